The third kappa shape index (κ3) is 8.74. The van der Waals surface area contributed by atoms with E-state index in [1.807, 2.05) is 164 Å². The number of para-hydroxylation sites is 8. The average molecular weight is 1030 g/mol. The van der Waals surface area contributed by atoms with Gasteiger partial charge in [-0.3, -0.25) is 4.79 Å². The molecule has 14 rings (SSSR count). The minimum absolute atomic E-state index is 0.0823. The molecule has 0 amide bonds. The Bertz CT molecular complexity index is 3950. The van der Waals surface area contributed by atoms with Crippen molar-refractivity contribution >= 4 is 77.6 Å². The number of carbonyl (C=O) groups is 1. The number of hydrogen-bond donors (Lipinski definition) is 1. The summed E-state index contributed by atoms with van der Waals surface area (Å²) in [7, 11) is 0. The molecular formula is C68H47BrN4O2. The van der Waals surface area contributed by atoms with Crippen molar-refractivity contribution in [2.75, 3.05) is 9.80 Å². The van der Waals surface area contributed by atoms with Crippen LogP contribution in [0.15, 0.2) is 284 Å². The molecule has 0 fully saturated rings. The number of hydrogen-bond acceptors (Lipinski definition) is 6. The van der Waals surface area contributed by atoms with Crippen molar-refractivity contribution < 1.29 is 9.90 Å². The van der Waals surface area contributed by atoms with E-state index in [1.54, 1.807) is 0 Å². The molecule has 2 heterocycles. The second-order valence-corrected chi connectivity index (χ2v) is 19.1. The highest BCUT2D eigenvalue weighted by molar-refractivity contribution is 9.10. The van der Waals surface area contributed by atoms with Crippen molar-refractivity contribution in [2.45, 2.75) is 5.60 Å². The summed E-state index contributed by atoms with van der Waals surface area (Å²) >= 11 is 3.65. The highest BCUT2D eigenvalue weighted by atomic mass is 79.9. The van der Waals surface area contributed by atoms with Crippen LogP contribution in [0.1, 0.15) is 32.6 Å². The van der Waals surface area contributed by atoms with E-state index in [4.69, 9.17) is 4.98 Å². The van der Waals surface area contributed by atoms with Crippen LogP contribution in [0.2, 0.25) is 0 Å². The van der Waals surface area contributed by atoms with Gasteiger partial charge in [-0.2, -0.15) is 0 Å². The van der Waals surface area contributed by atoms with Crippen LogP contribution in [0.25, 0.3) is 44.3 Å². The first-order chi connectivity index (χ1) is 37.0. The van der Waals surface area contributed by atoms with Crippen molar-refractivity contribution in [3.63, 3.8) is 0 Å². The van der Waals surface area contributed by atoms with Gasteiger partial charge in [-0.1, -0.05) is 188 Å². The van der Waals surface area contributed by atoms with Crippen molar-refractivity contribution in [2.24, 2.45) is 0 Å². The number of fused-ring (bicyclic) bond motifs is 8. The van der Waals surface area contributed by atoms with E-state index >= 15 is 0 Å². The lowest BCUT2D eigenvalue weighted by Crippen LogP contribution is -2.29. The number of carbonyl (C=O) groups excluding carboxylic acids is 1. The quantitative estimate of drug-likeness (QED) is 0.172. The number of rotatable bonds is 7. The van der Waals surface area contributed by atoms with E-state index in [1.165, 1.54) is 0 Å². The summed E-state index contributed by atoms with van der Waals surface area (Å²) in [6.45, 7) is 0. The standard InChI is InChI=1S/C34H24N2O.C18H14BrN.C16H9NO/c37-34(28-19-9-8-18-27(28)33-30(34)23-24-13-7-11-21-31(24)35-33)29-20-10-12-22-32(29)36(25-14-3-1-4-15-25)26-16-5-2-6-17-26;19-17-13-7-8-14-18(17)20(15-9-3-1-4-10-15)16-11-5-2-6-12-16;18-16-12-7-3-2-6-11(12)15-13(16)9-10-5-1-4-8-14(10)17-15/h1-23,37H;1-14H;1-9H. The predicted octanol–water partition coefficient (Wildman–Crippen LogP) is 17.3. The molecule has 0 radical (unpaired) electrons. The molecule has 2 aromatic heterocycles. The summed E-state index contributed by atoms with van der Waals surface area (Å²) in [4.78, 5) is 26.4. The molecule has 6 nitrogen and oxygen atoms in total. The molecule has 0 saturated heterocycles. The molecule has 75 heavy (non-hydrogen) atoms. The maximum Gasteiger partial charge on any atom is 0.195 e. The molecule has 1 atom stereocenters. The Hall–Kier alpha value is -9.27. The van der Waals surface area contributed by atoms with Crippen LogP contribution in [0.4, 0.5) is 34.1 Å². The molecule has 1 N–H and O–H groups in total. The van der Waals surface area contributed by atoms with Gasteiger partial charge in [0.1, 0.15) is 5.60 Å². The van der Waals surface area contributed by atoms with Crippen LogP contribution in [-0.2, 0) is 5.60 Å². The Morgan fingerprint density at radius 3 is 1.31 bits per heavy atom. The maximum absolute atomic E-state index is 12.9. The van der Waals surface area contributed by atoms with Gasteiger partial charge in [0.05, 0.1) is 33.8 Å². The van der Waals surface area contributed by atoms with Gasteiger partial charge in [0, 0.05) is 76.9 Å². The summed E-state index contributed by atoms with van der Waals surface area (Å²) < 4.78 is 1.08. The zero-order valence-electron chi connectivity index (χ0n) is 40.6. The first-order valence-electron chi connectivity index (χ1n) is 24.9. The predicted molar refractivity (Wildman–Crippen MR) is 310 cm³/mol. The van der Waals surface area contributed by atoms with Gasteiger partial charge in [0.25, 0.3) is 0 Å². The highest BCUT2D eigenvalue weighted by Crippen LogP contribution is 2.54. The minimum atomic E-state index is -1.37. The van der Waals surface area contributed by atoms with Crippen molar-refractivity contribution in [3.8, 4) is 22.5 Å². The number of aromatic nitrogens is 2. The molecule has 0 spiro atoms. The van der Waals surface area contributed by atoms with E-state index in [-0.39, 0.29) is 5.78 Å². The van der Waals surface area contributed by atoms with Crippen molar-refractivity contribution in [1.29, 1.82) is 0 Å². The van der Waals surface area contributed by atoms with Gasteiger partial charge in [-0.05, 0) is 107 Å². The number of anilines is 6. The molecular weight excluding hydrogens is 985 g/mol. The summed E-state index contributed by atoms with van der Waals surface area (Å²) in [5.41, 5.74) is 14.4. The molecule has 0 bridgehead atoms. The molecule has 2 aliphatic rings. The maximum atomic E-state index is 12.9. The summed E-state index contributed by atoms with van der Waals surface area (Å²) in [6.07, 6.45) is 0. The van der Waals surface area contributed by atoms with E-state index in [0.29, 0.717) is 0 Å². The van der Waals surface area contributed by atoms with Gasteiger partial charge in [0.2, 0.25) is 0 Å². The number of nitrogens with zero attached hydrogens (tertiary/aromatic N) is 4. The fourth-order valence-corrected chi connectivity index (χ4v) is 10.8. The Labute approximate surface area is 444 Å². The Balaban J connectivity index is 0.000000126. The molecule has 0 saturated carbocycles. The van der Waals surface area contributed by atoms with Gasteiger partial charge >= 0.3 is 0 Å². The van der Waals surface area contributed by atoms with Crippen molar-refractivity contribution in [1.82, 2.24) is 9.97 Å². The van der Waals surface area contributed by atoms with Crippen LogP contribution in [0, 0.1) is 0 Å². The van der Waals surface area contributed by atoms with Crippen LogP contribution < -0.4 is 9.80 Å². The lowest BCUT2D eigenvalue weighted by atomic mass is 9.82. The van der Waals surface area contributed by atoms with Crippen LogP contribution in [0.3, 0.4) is 0 Å². The Morgan fingerprint density at radius 2 is 0.747 bits per heavy atom. The second kappa shape index (κ2) is 20.3. The topological polar surface area (TPSA) is 69.6 Å². The third-order valence-corrected chi connectivity index (χ3v) is 14.4. The molecule has 12 aromatic rings. The lowest BCUT2D eigenvalue weighted by Gasteiger charge is -2.34. The van der Waals surface area contributed by atoms with E-state index in [0.717, 1.165) is 111 Å². The van der Waals surface area contributed by atoms with E-state index < -0.39 is 5.60 Å². The fraction of sp³-hybridized carbons (Fsp3) is 0.0147. The molecule has 1 unspecified atom stereocenters. The number of ketones is 1. The van der Waals surface area contributed by atoms with Crippen LogP contribution in [0.5, 0.6) is 0 Å². The highest BCUT2D eigenvalue weighted by Gasteiger charge is 2.46. The van der Waals surface area contributed by atoms with Crippen LogP contribution in [-0.4, -0.2) is 20.9 Å². The first-order valence-corrected chi connectivity index (χ1v) is 25.7. The molecule has 7 heteroatoms. The largest absolute Gasteiger partial charge is 0.376 e. The van der Waals surface area contributed by atoms with Crippen LogP contribution >= 0.6 is 15.9 Å². The van der Waals surface area contributed by atoms with Gasteiger partial charge in [0.15, 0.2) is 5.78 Å². The number of pyridine rings is 2. The third-order valence-electron chi connectivity index (χ3n) is 13.8. The molecule has 2 aliphatic carbocycles. The first kappa shape index (κ1) is 46.8. The monoisotopic (exact) mass is 1030 g/mol. The van der Waals surface area contributed by atoms with E-state index in [2.05, 4.69) is 146 Å². The van der Waals surface area contributed by atoms with Gasteiger partial charge in [-0.15, -0.1) is 0 Å². The zero-order valence-corrected chi connectivity index (χ0v) is 42.2. The normalized spacial score (nSPS) is 13.5. The number of halogens is 1. The minimum Gasteiger partial charge on any atom is -0.376 e. The second-order valence-electron chi connectivity index (χ2n) is 18.3. The van der Waals surface area contributed by atoms with Gasteiger partial charge < -0.3 is 14.9 Å². The fourth-order valence-electron chi connectivity index (χ4n) is 10.3. The lowest BCUT2D eigenvalue weighted by molar-refractivity contribution is 0.104. The summed E-state index contributed by atoms with van der Waals surface area (Å²) in [5, 5.41) is 14.9. The Kier molecular flexibility index (Phi) is 12.7. The SMILES string of the molecule is Brc1ccccc1N(c1ccccc1)c1ccccc1.O=C1c2ccccc2-c2nc3ccccc3cc21.OC1(c2ccccc2N(c2ccccc2)c2ccccc2)c2ccccc2-c2nc3ccccc3cc21. The number of benzene rings is 10. The molecule has 358 valence electrons. The summed E-state index contributed by atoms with van der Waals surface area (Å²) in [6, 6.07) is 93.5. The molecule has 0 aliphatic heterocycles. The smallest absolute Gasteiger partial charge is 0.195 e. The zero-order chi connectivity index (χ0) is 50.7. The number of aliphatic hydroxyl groups is 1. The Morgan fingerprint density at radius 1 is 0.347 bits per heavy atom. The summed E-state index contributed by atoms with van der Waals surface area (Å²) in [5.74, 6) is 0.0823. The molecule has 10 aromatic carbocycles. The van der Waals surface area contributed by atoms with Gasteiger partial charge in [-0.25, -0.2) is 9.97 Å². The average Bonchev–Trinajstić information content (AvgIpc) is 3.91. The van der Waals surface area contributed by atoms with Crippen molar-refractivity contribution in [3.05, 3.63) is 311 Å². The van der Waals surface area contributed by atoms with E-state index in [9.17, 15) is 9.90 Å².